The van der Waals surface area contributed by atoms with Crippen LogP contribution in [0, 0.1) is 124 Å². The van der Waals surface area contributed by atoms with Gasteiger partial charge in [-0.05, 0) is 90.2 Å². The molecule has 0 saturated carbocycles. The maximum atomic E-state index is 9.84. The monoisotopic (exact) mass is 1290 g/mol. The molecular weight excluding hydrogens is 1260 g/mol. The molecule has 0 fully saturated rings. The molecule has 2 radical (unpaired) electrons. The van der Waals surface area contributed by atoms with Crippen molar-refractivity contribution in [3.8, 4) is 22.8 Å². The number of carbonyl (C=O) groups excluding carboxylic acids is 4. The molecule has 0 aromatic carbocycles. The number of pyridine rings is 4. The number of carboxylic acids is 4. The van der Waals surface area contributed by atoms with E-state index in [4.69, 9.17) is 30.6 Å². The van der Waals surface area contributed by atoms with Crippen molar-refractivity contribution in [3.63, 3.8) is 0 Å². The molecule has 0 amide bonds. The van der Waals surface area contributed by atoms with Gasteiger partial charge in [0.25, 0.3) is 0 Å². The summed E-state index contributed by atoms with van der Waals surface area (Å²) in [6.07, 6.45) is 11.9. The van der Waals surface area contributed by atoms with Crippen LogP contribution >= 0.6 is 0 Å². The fourth-order valence-corrected chi connectivity index (χ4v) is 3.60. The number of rotatable bonds is 10. The van der Waals surface area contributed by atoms with Crippen molar-refractivity contribution in [2.24, 2.45) is 0 Å². The fourth-order valence-electron chi connectivity index (χ4n) is 3.60. The second-order valence-electron chi connectivity index (χ2n) is 10.8. The minimum absolute atomic E-state index is 0. The normalized spacial score (nSPS) is 8.80. The van der Waals surface area contributed by atoms with Crippen LogP contribution in [0.5, 0.6) is 0 Å². The largest absolute Gasteiger partial charge is 3.00 e. The molecule has 8 aromatic rings. The summed E-state index contributed by atoms with van der Waals surface area (Å²) in [5, 5.41) is 108. The number of hydrogen-bond acceptors (Lipinski definition) is 30. The van der Waals surface area contributed by atoms with Crippen molar-refractivity contribution in [1.29, 1.82) is 0 Å². The number of nitrogens with zero attached hydrogens (tertiary/aromatic N) is 22. The van der Waals surface area contributed by atoms with Gasteiger partial charge in [0, 0.05) is 24.8 Å². The Morgan fingerprint density at radius 1 is 0.386 bits per heavy atom. The summed E-state index contributed by atoms with van der Waals surface area (Å²) in [6.45, 7) is -1.19. The standard InChI is InChI=1S/2C10H8N2.4C3H4N4O2.2NO3.2Yb/c2*1-3-7-11-9(5-1)10-6-2-4-8-12-10;4*8-3(9)1-7-2-4-5-6-7;2*2-1(3)4;;/h2*1-8H;4*2H,1H2,(H,8,9);;;;/q;;;;;;2*-1;2*+3/p-4. The number of carboxylic acid groups (broad SMARTS) is 4. The predicted octanol–water partition coefficient (Wildman–Crippen LogP) is -6.50. The third-order valence-electron chi connectivity index (χ3n) is 5.91. The first-order valence-corrected chi connectivity index (χ1v) is 17.5. The molecule has 0 aliphatic heterocycles. The first-order chi connectivity index (χ1) is 32.5. The Bertz CT molecular complexity index is 2210. The summed E-state index contributed by atoms with van der Waals surface area (Å²) in [7, 11) is 0. The van der Waals surface area contributed by atoms with Crippen molar-refractivity contribution in [2.75, 3.05) is 0 Å². The van der Waals surface area contributed by atoms with E-state index in [2.05, 4.69) is 82.0 Å². The smallest absolute Gasteiger partial charge is 0.548 e. The first-order valence-electron chi connectivity index (χ1n) is 17.5. The Hall–Kier alpha value is -7.80. The number of aromatic nitrogens is 20. The van der Waals surface area contributed by atoms with Crippen LogP contribution in [0.25, 0.3) is 22.8 Å². The zero-order valence-electron chi connectivity index (χ0n) is 34.5. The molecule has 0 aliphatic rings. The van der Waals surface area contributed by atoms with Crippen LogP contribution in [0.1, 0.15) is 0 Å². The summed E-state index contributed by atoms with van der Waals surface area (Å²) >= 11 is 0. The van der Waals surface area contributed by atoms with Gasteiger partial charge in [0.05, 0.1) is 83.0 Å². The minimum Gasteiger partial charge on any atom is -0.548 e. The van der Waals surface area contributed by atoms with E-state index < -0.39 is 34.1 Å². The molecule has 70 heavy (non-hydrogen) atoms. The van der Waals surface area contributed by atoms with E-state index in [0.717, 1.165) is 41.5 Å². The van der Waals surface area contributed by atoms with Crippen LogP contribution in [0.4, 0.5) is 0 Å². The van der Waals surface area contributed by atoms with Crippen molar-refractivity contribution in [2.45, 2.75) is 26.2 Å². The van der Waals surface area contributed by atoms with Gasteiger partial charge in [0.2, 0.25) is 0 Å². The van der Waals surface area contributed by atoms with Gasteiger partial charge >= 0.3 is 93.8 Å². The van der Waals surface area contributed by atoms with Gasteiger partial charge in [0.1, 0.15) is 25.3 Å². The second kappa shape index (κ2) is 40.3. The van der Waals surface area contributed by atoms with Crippen LogP contribution in [0.2, 0.25) is 0 Å². The van der Waals surface area contributed by atoms with E-state index in [0.29, 0.717) is 0 Å². The van der Waals surface area contributed by atoms with E-state index >= 15 is 0 Å². The summed E-state index contributed by atoms with van der Waals surface area (Å²) in [6, 6.07) is 23.2. The Labute approximate surface area is 466 Å². The van der Waals surface area contributed by atoms with Crippen LogP contribution in [0.3, 0.4) is 0 Å². The molecular formula is C32H28N22O14Yb2. The Morgan fingerprint density at radius 2 is 0.571 bits per heavy atom. The molecule has 0 unspecified atom stereocenters. The molecule has 38 heteroatoms. The molecule has 0 saturated heterocycles. The zero-order valence-corrected chi connectivity index (χ0v) is 37.9. The van der Waals surface area contributed by atoms with Gasteiger partial charge in [-0.1, -0.05) is 24.3 Å². The zero-order chi connectivity index (χ0) is 50.4. The summed E-state index contributed by atoms with van der Waals surface area (Å²) < 4.78 is 4.26. The molecule has 0 aliphatic carbocycles. The number of aliphatic carboxylic acids is 4. The average Bonchev–Trinajstić information content (AvgIpc) is 4.17. The molecule has 0 bridgehead atoms. The van der Waals surface area contributed by atoms with Crippen LogP contribution in [-0.2, 0) is 45.4 Å². The van der Waals surface area contributed by atoms with E-state index in [1.165, 1.54) is 25.3 Å². The average molecular weight is 1290 g/mol. The maximum Gasteiger partial charge on any atom is 3.00 e. The van der Waals surface area contributed by atoms with E-state index in [-0.39, 0.29) is 120 Å². The topological polar surface area (TPSA) is 519 Å². The number of carbonyl (C=O) groups is 4. The Balaban J connectivity index is 0. The fraction of sp³-hybridized carbons (Fsp3) is 0.125. The van der Waals surface area contributed by atoms with Crippen molar-refractivity contribution in [1.82, 2.24) is 101 Å². The van der Waals surface area contributed by atoms with Gasteiger partial charge in [-0.15, -0.1) is 20.4 Å². The molecule has 378 valence electrons. The van der Waals surface area contributed by atoms with Gasteiger partial charge in [0.15, 0.2) is 0 Å². The van der Waals surface area contributed by atoms with Crippen molar-refractivity contribution < 1.29 is 144 Å². The van der Waals surface area contributed by atoms with E-state index in [9.17, 15) is 39.6 Å². The summed E-state index contributed by atoms with van der Waals surface area (Å²) in [5.41, 5.74) is 3.66. The second-order valence-corrected chi connectivity index (χ2v) is 10.8. The first kappa shape index (κ1) is 64.3. The van der Waals surface area contributed by atoms with Gasteiger partial charge in [-0.25, -0.2) is 18.7 Å². The van der Waals surface area contributed by atoms with Crippen molar-refractivity contribution in [3.05, 3.63) is 154 Å². The Morgan fingerprint density at radius 3 is 0.686 bits per heavy atom. The van der Waals surface area contributed by atoms with Crippen molar-refractivity contribution >= 4 is 23.9 Å². The van der Waals surface area contributed by atoms with Gasteiger partial charge in [-0.2, -0.15) is 0 Å². The minimum atomic E-state index is -1.75. The molecule has 8 aromatic heterocycles. The van der Waals surface area contributed by atoms with Crippen LogP contribution in [-0.4, -0.2) is 135 Å². The van der Waals surface area contributed by atoms with Crippen LogP contribution < -0.4 is 20.4 Å². The van der Waals surface area contributed by atoms with E-state index in [1.54, 1.807) is 24.8 Å². The van der Waals surface area contributed by atoms with E-state index in [1.807, 2.05) is 72.8 Å². The number of hydrogen-bond donors (Lipinski definition) is 0. The molecule has 0 N–H and O–H groups in total. The van der Waals surface area contributed by atoms with Gasteiger partial charge < -0.3 is 70.2 Å². The number of tetrazole rings is 4. The molecule has 0 spiro atoms. The molecule has 8 heterocycles. The third kappa shape index (κ3) is 36.3. The quantitative estimate of drug-likeness (QED) is 0.0907. The van der Waals surface area contributed by atoms with Gasteiger partial charge in [-0.3, -0.25) is 19.9 Å². The SMILES string of the molecule is O=C([O-])Cn1cnnn1.O=C([O-])Cn1cnnn1.O=C([O-])Cn1cnnn1.O=C([O-])Cn1cnnn1.O=[N+]([O-])[O-].O=[N+]([O-])[O-].[Yb+3].[Yb+3].c1ccc(-c2ccccn2)nc1.c1ccc(-c2ccccn2)nc1. The summed E-state index contributed by atoms with van der Waals surface area (Å²) in [5.74, 6) is -4.82. The molecule has 0 atom stereocenters. The summed E-state index contributed by atoms with van der Waals surface area (Å²) in [4.78, 5) is 72.6. The molecule has 8 rings (SSSR count). The predicted molar refractivity (Wildman–Crippen MR) is 207 cm³/mol. The maximum absolute atomic E-state index is 9.84. The van der Waals surface area contributed by atoms with Crippen LogP contribution in [0.15, 0.2) is 123 Å². The third-order valence-corrected chi connectivity index (χ3v) is 5.91. The molecule has 36 nitrogen and oxygen atoms in total. The Kier molecular flexibility index (Phi) is 37.0.